The number of aryl methyl sites for hydroxylation is 1. The summed E-state index contributed by atoms with van der Waals surface area (Å²) < 4.78 is 31.0. The number of carbonyl (C=O) groups excluding carboxylic acids is 1. The van der Waals surface area contributed by atoms with Crippen LogP contribution in [0, 0.1) is 0 Å². The zero-order chi connectivity index (χ0) is 23.4. The predicted octanol–water partition coefficient (Wildman–Crippen LogP) is 5.29. The van der Waals surface area contributed by atoms with Crippen molar-refractivity contribution >= 4 is 22.6 Å². The second kappa shape index (κ2) is 10.1. The fourth-order valence-corrected chi connectivity index (χ4v) is 4.33. The largest absolute Gasteiger partial charge is 0.435 e. The fraction of sp³-hybridized carbons (Fsp3) is 0.458. The summed E-state index contributed by atoms with van der Waals surface area (Å²) in [4.78, 5) is 17.8. The number of alkyl halides is 2. The molecule has 1 atom stereocenters. The number of amides is 1. The highest BCUT2D eigenvalue weighted by molar-refractivity contribution is 6.06. The zero-order valence-electron chi connectivity index (χ0n) is 18.9. The van der Waals surface area contributed by atoms with E-state index in [2.05, 4.69) is 25.5 Å². The van der Waals surface area contributed by atoms with Crippen LogP contribution in [0.3, 0.4) is 0 Å². The number of fused-ring (bicyclic) bond motifs is 1. The molecule has 1 aromatic carbocycles. The van der Waals surface area contributed by atoms with E-state index >= 15 is 0 Å². The number of ether oxygens (including phenoxy) is 1. The lowest BCUT2D eigenvalue weighted by Gasteiger charge is -2.25. The third kappa shape index (κ3) is 5.23. The SMILES string of the molecule is CCn1ncc2c(NC3CCCCC3)c(C(=O)NC(C)c3ccc(OC(F)F)cc3)cnc21. The second-order valence-electron chi connectivity index (χ2n) is 8.37. The van der Waals surface area contributed by atoms with Crippen LogP contribution >= 0.6 is 0 Å². The number of pyridine rings is 1. The summed E-state index contributed by atoms with van der Waals surface area (Å²) in [5, 5.41) is 11.9. The molecule has 176 valence electrons. The second-order valence-corrected chi connectivity index (χ2v) is 8.37. The van der Waals surface area contributed by atoms with Gasteiger partial charge in [0.25, 0.3) is 5.91 Å². The van der Waals surface area contributed by atoms with E-state index in [4.69, 9.17) is 0 Å². The van der Waals surface area contributed by atoms with Gasteiger partial charge < -0.3 is 15.4 Å². The Morgan fingerprint density at radius 2 is 1.91 bits per heavy atom. The molecule has 2 aromatic heterocycles. The summed E-state index contributed by atoms with van der Waals surface area (Å²) in [7, 11) is 0. The van der Waals surface area contributed by atoms with Gasteiger partial charge in [-0.25, -0.2) is 9.67 Å². The Kier molecular flexibility index (Phi) is 7.05. The van der Waals surface area contributed by atoms with E-state index in [0.29, 0.717) is 18.2 Å². The standard InChI is InChI=1S/C24H29F2N5O2/c1-3-31-22-19(14-28-31)21(30-17-7-5-4-6-8-17)20(13-27-22)23(32)29-15(2)16-9-11-18(12-10-16)33-24(25)26/h9-15,17,24H,3-8H2,1-2H3,(H,27,30)(H,29,32). The van der Waals surface area contributed by atoms with Crippen molar-refractivity contribution in [3.05, 3.63) is 47.8 Å². The summed E-state index contributed by atoms with van der Waals surface area (Å²) in [6.07, 6.45) is 9.08. The van der Waals surface area contributed by atoms with Crippen molar-refractivity contribution in [2.24, 2.45) is 0 Å². The topological polar surface area (TPSA) is 81.1 Å². The minimum atomic E-state index is -2.87. The molecule has 1 aliphatic rings. The fourth-order valence-electron chi connectivity index (χ4n) is 4.33. The molecule has 0 spiro atoms. The van der Waals surface area contributed by atoms with Crippen LogP contribution in [0.1, 0.15) is 67.9 Å². The third-order valence-corrected chi connectivity index (χ3v) is 6.12. The number of carbonyl (C=O) groups is 1. The van der Waals surface area contributed by atoms with Gasteiger partial charge in [-0.2, -0.15) is 13.9 Å². The van der Waals surface area contributed by atoms with E-state index in [1.165, 1.54) is 31.4 Å². The summed E-state index contributed by atoms with van der Waals surface area (Å²) in [5.41, 5.74) is 2.75. The molecule has 3 aromatic rings. The van der Waals surface area contributed by atoms with Crippen molar-refractivity contribution in [1.29, 1.82) is 0 Å². The monoisotopic (exact) mass is 457 g/mol. The molecule has 0 aliphatic heterocycles. The molecule has 33 heavy (non-hydrogen) atoms. The van der Waals surface area contributed by atoms with Crippen molar-refractivity contribution < 1.29 is 18.3 Å². The van der Waals surface area contributed by atoms with Gasteiger partial charge in [-0.05, 0) is 44.4 Å². The lowest BCUT2D eigenvalue weighted by atomic mass is 9.95. The van der Waals surface area contributed by atoms with E-state index < -0.39 is 6.61 Å². The first-order valence-corrected chi connectivity index (χ1v) is 11.4. The molecule has 7 nitrogen and oxygen atoms in total. The van der Waals surface area contributed by atoms with E-state index in [0.717, 1.165) is 35.1 Å². The van der Waals surface area contributed by atoms with Crippen LogP contribution in [-0.4, -0.2) is 33.3 Å². The molecule has 9 heteroatoms. The van der Waals surface area contributed by atoms with E-state index in [1.54, 1.807) is 24.5 Å². The number of halogens is 2. The van der Waals surface area contributed by atoms with Gasteiger partial charge in [0.05, 0.1) is 28.9 Å². The molecule has 4 rings (SSSR count). The Hall–Kier alpha value is -3.23. The van der Waals surface area contributed by atoms with Gasteiger partial charge >= 0.3 is 6.61 Å². The molecule has 2 N–H and O–H groups in total. The molecular weight excluding hydrogens is 428 g/mol. The highest BCUT2D eigenvalue weighted by Gasteiger charge is 2.23. The molecule has 0 bridgehead atoms. The van der Waals surface area contributed by atoms with Crippen LogP contribution in [0.4, 0.5) is 14.5 Å². The van der Waals surface area contributed by atoms with Gasteiger partial charge in [0.2, 0.25) is 0 Å². The summed E-state index contributed by atoms with van der Waals surface area (Å²) in [6, 6.07) is 6.22. The maximum atomic E-state index is 13.3. The average Bonchev–Trinajstić information content (AvgIpc) is 3.23. The van der Waals surface area contributed by atoms with E-state index in [1.807, 2.05) is 18.5 Å². The minimum absolute atomic E-state index is 0.0776. The molecule has 0 saturated heterocycles. The number of nitrogens with zero attached hydrogens (tertiary/aromatic N) is 3. The lowest BCUT2D eigenvalue weighted by Crippen LogP contribution is -2.29. The van der Waals surface area contributed by atoms with Gasteiger partial charge in [-0.3, -0.25) is 4.79 Å². The average molecular weight is 458 g/mol. The lowest BCUT2D eigenvalue weighted by molar-refractivity contribution is -0.0498. The van der Waals surface area contributed by atoms with Crippen LogP contribution in [0.15, 0.2) is 36.7 Å². The molecule has 1 amide bonds. The minimum Gasteiger partial charge on any atom is -0.435 e. The Labute approximate surface area is 191 Å². The zero-order valence-corrected chi connectivity index (χ0v) is 18.9. The molecule has 1 aliphatic carbocycles. The number of hydrogen-bond acceptors (Lipinski definition) is 5. The molecular formula is C24H29F2N5O2. The Balaban J connectivity index is 1.58. The van der Waals surface area contributed by atoms with Crippen molar-refractivity contribution in [2.75, 3.05) is 5.32 Å². The normalized spacial score (nSPS) is 15.5. The summed E-state index contributed by atoms with van der Waals surface area (Å²) in [6.45, 7) is 1.66. The Bertz CT molecular complexity index is 1090. The molecule has 1 saturated carbocycles. The van der Waals surface area contributed by atoms with Crippen LogP contribution < -0.4 is 15.4 Å². The summed E-state index contributed by atoms with van der Waals surface area (Å²) in [5.74, 6) is -0.179. The first-order valence-electron chi connectivity index (χ1n) is 11.4. The highest BCUT2D eigenvalue weighted by atomic mass is 19.3. The van der Waals surface area contributed by atoms with Gasteiger partial charge in [-0.15, -0.1) is 0 Å². The maximum Gasteiger partial charge on any atom is 0.387 e. The number of nitrogens with one attached hydrogen (secondary N) is 2. The van der Waals surface area contributed by atoms with Gasteiger partial charge in [0.15, 0.2) is 5.65 Å². The van der Waals surface area contributed by atoms with Crippen molar-refractivity contribution in [1.82, 2.24) is 20.1 Å². The Morgan fingerprint density at radius 1 is 1.18 bits per heavy atom. The molecule has 1 unspecified atom stereocenters. The van der Waals surface area contributed by atoms with Crippen molar-refractivity contribution in [2.45, 2.75) is 71.2 Å². The van der Waals surface area contributed by atoms with Gasteiger partial charge in [0.1, 0.15) is 5.75 Å². The number of rotatable bonds is 8. The van der Waals surface area contributed by atoms with Gasteiger partial charge in [-0.1, -0.05) is 31.4 Å². The third-order valence-electron chi connectivity index (χ3n) is 6.12. The number of benzene rings is 1. The van der Waals surface area contributed by atoms with Crippen molar-refractivity contribution in [3.8, 4) is 5.75 Å². The van der Waals surface area contributed by atoms with Crippen LogP contribution in [0.5, 0.6) is 5.75 Å². The first kappa shape index (κ1) is 22.9. The molecule has 1 fully saturated rings. The van der Waals surface area contributed by atoms with Gasteiger partial charge in [0, 0.05) is 18.8 Å². The number of aromatic nitrogens is 3. The first-order chi connectivity index (χ1) is 16.0. The van der Waals surface area contributed by atoms with Crippen LogP contribution in [0.25, 0.3) is 11.0 Å². The highest BCUT2D eigenvalue weighted by Crippen LogP contribution is 2.30. The molecule has 0 radical (unpaired) electrons. The van der Waals surface area contributed by atoms with Crippen molar-refractivity contribution in [3.63, 3.8) is 0 Å². The maximum absolute atomic E-state index is 13.3. The predicted molar refractivity (Wildman–Crippen MR) is 123 cm³/mol. The van der Waals surface area contributed by atoms with E-state index in [9.17, 15) is 13.6 Å². The quantitative estimate of drug-likeness (QED) is 0.481. The van der Waals surface area contributed by atoms with Crippen LogP contribution in [0.2, 0.25) is 0 Å². The number of anilines is 1. The number of hydrogen-bond donors (Lipinski definition) is 2. The Morgan fingerprint density at radius 3 is 2.58 bits per heavy atom. The molecule has 2 heterocycles. The van der Waals surface area contributed by atoms with E-state index in [-0.39, 0.29) is 17.7 Å². The van der Waals surface area contributed by atoms with Crippen LogP contribution in [-0.2, 0) is 6.54 Å². The summed E-state index contributed by atoms with van der Waals surface area (Å²) >= 11 is 0. The smallest absolute Gasteiger partial charge is 0.387 e.